The number of hydrogen-bond donors (Lipinski definition) is 2. The van der Waals surface area contributed by atoms with Crippen molar-refractivity contribution in [2.45, 2.75) is 12.5 Å². The highest BCUT2D eigenvalue weighted by Crippen LogP contribution is 2.17. The normalized spacial score (nSPS) is 11.9. The first-order valence-corrected chi connectivity index (χ1v) is 6.31. The second-order valence-electron chi connectivity index (χ2n) is 3.96. The van der Waals surface area contributed by atoms with E-state index in [1.807, 2.05) is 0 Å². The molecule has 0 aromatic heterocycles. The Balaban J connectivity index is 2.27. The number of nitrogens with one attached hydrogen (secondary N) is 1. The van der Waals surface area contributed by atoms with Crippen molar-refractivity contribution >= 4 is 17.5 Å². The SMILES string of the molecule is COCC(CO)NC(=O)CCOc1cccc(Cl)c1. The molecule has 6 heteroatoms. The molecule has 2 N–H and O–H groups in total. The Morgan fingerprint density at radius 3 is 2.95 bits per heavy atom. The summed E-state index contributed by atoms with van der Waals surface area (Å²) in [6.45, 7) is 0.365. The summed E-state index contributed by atoms with van der Waals surface area (Å²) >= 11 is 5.81. The second-order valence-corrected chi connectivity index (χ2v) is 4.39. The van der Waals surface area contributed by atoms with Crippen LogP contribution in [0.4, 0.5) is 0 Å². The number of carbonyl (C=O) groups is 1. The van der Waals surface area contributed by atoms with E-state index in [0.717, 1.165) is 0 Å². The first kappa shape index (κ1) is 15.8. The third-order valence-electron chi connectivity index (χ3n) is 2.35. The van der Waals surface area contributed by atoms with E-state index in [-0.39, 0.29) is 38.2 Å². The van der Waals surface area contributed by atoms with E-state index in [0.29, 0.717) is 10.8 Å². The molecule has 0 spiro atoms. The third-order valence-corrected chi connectivity index (χ3v) is 2.58. The van der Waals surface area contributed by atoms with E-state index < -0.39 is 0 Å². The van der Waals surface area contributed by atoms with Crippen molar-refractivity contribution in [3.63, 3.8) is 0 Å². The molecule has 0 bridgehead atoms. The maximum Gasteiger partial charge on any atom is 0.223 e. The zero-order valence-electron chi connectivity index (χ0n) is 10.8. The Morgan fingerprint density at radius 2 is 2.32 bits per heavy atom. The number of aliphatic hydroxyl groups excluding tert-OH is 1. The highest BCUT2D eigenvalue weighted by molar-refractivity contribution is 6.30. The van der Waals surface area contributed by atoms with Crippen LogP contribution in [0.1, 0.15) is 6.42 Å². The molecule has 5 nitrogen and oxygen atoms in total. The molecule has 0 fully saturated rings. The van der Waals surface area contributed by atoms with Crippen LogP contribution in [-0.2, 0) is 9.53 Å². The Labute approximate surface area is 117 Å². The number of ether oxygens (including phenoxy) is 2. The molecule has 0 saturated carbocycles. The lowest BCUT2D eigenvalue weighted by atomic mass is 10.3. The molecule has 106 valence electrons. The molecule has 0 radical (unpaired) electrons. The van der Waals surface area contributed by atoms with Gasteiger partial charge in [0.05, 0.1) is 32.3 Å². The van der Waals surface area contributed by atoms with Crippen LogP contribution in [0.5, 0.6) is 5.75 Å². The van der Waals surface area contributed by atoms with Crippen LogP contribution < -0.4 is 10.1 Å². The van der Waals surface area contributed by atoms with Gasteiger partial charge in [0.15, 0.2) is 0 Å². The van der Waals surface area contributed by atoms with Gasteiger partial charge in [0, 0.05) is 12.1 Å². The molecule has 1 atom stereocenters. The highest BCUT2D eigenvalue weighted by atomic mass is 35.5. The molecule has 19 heavy (non-hydrogen) atoms. The van der Waals surface area contributed by atoms with Crippen molar-refractivity contribution in [3.05, 3.63) is 29.3 Å². The van der Waals surface area contributed by atoms with Gasteiger partial charge >= 0.3 is 0 Å². The van der Waals surface area contributed by atoms with Crippen molar-refractivity contribution in [1.29, 1.82) is 0 Å². The van der Waals surface area contributed by atoms with Gasteiger partial charge < -0.3 is 19.9 Å². The Bertz CT molecular complexity index is 400. The number of halogens is 1. The summed E-state index contributed by atoms with van der Waals surface area (Å²) in [6.07, 6.45) is 0.201. The largest absolute Gasteiger partial charge is 0.493 e. The maximum absolute atomic E-state index is 11.6. The minimum Gasteiger partial charge on any atom is -0.493 e. The van der Waals surface area contributed by atoms with Crippen LogP contribution in [0.3, 0.4) is 0 Å². The van der Waals surface area contributed by atoms with E-state index >= 15 is 0 Å². The van der Waals surface area contributed by atoms with Gasteiger partial charge in [-0.1, -0.05) is 17.7 Å². The third kappa shape index (κ3) is 6.42. The minimum absolute atomic E-state index is 0.158. The van der Waals surface area contributed by atoms with Gasteiger partial charge in [-0.25, -0.2) is 0 Å². The zero-order valence-corrected chi connectivity index (χ0v) is 11.5. The smallest absolute Gasteiger partial charge is 0.223 e. The van der Waals surface area contributed by atoms with Crippen LogP contribution in [0.25, 0.3) is 0 Å². The van der Waals surface area contributed by atoms with Gasteiger partial charge in [0.2, 0.25) is 5.91 Å². The monoisotopic (exact) mass is 287 g/mol. The Morgan fingerprint density at radius 1 is 1.53 bits per heavy atom. The highest BCUT2D eigenvalue weighted by Gasteiger charge is 2.10. The van der Waals surface area contributed by atoms with Gasteiger partial charge in [-0.2, -0.15) is 0 Å². The van der Waals surface area contributed by atoms with Crippen LogP contribution in [0.2, 0.25) is 5.02 Å². The van der Waals surface area contributed by atoms with Crippen molar-refractivity contribution in [2.24, 2.45) is 0 Å². The molecule has 1 aromatic rings. The summed E-state index contributed by atoms with van der Waals surface area (Å²) < 4.78 is 10.3. The molecule has 0 saturated heterocycles. The van der Waals surface area contributed by atoms with E-state index in [4.69, 9.17) is 26.2 Å². The standard InChI is InChI=1S/C13H18ClNO4/c1-18-9-11(8-16)15-13(17)5-6-19-12-4-2-3-10(14)7-12/h2-4,7,11,16H,5-6,8-9H2,1H3,(H,15,17). The predicted octanol–water partition coefficient (Wildman–Crippen LogP) is 1.23. The van der Waals surface area contributed by atoms with Gasteiger partial charge in [0.25, 0.3) is 0 Å². The van der Waals surface area contributed by atoms with E-state index in [9.17, 15) is 4.79 Å². The van der Waals surface area contributed by atoms with Crippen LogP contribution in [-0.4, -0.2) is 44.0 Å². The molecule has 1 unspecified atom stereocenters. The molecular weight excluding hydrogens is 270 g/mol. The van der Waals surface area contributed by atoms with Gasteiger partial charge in [-0.3, -0.25) is 4.79 Å². The number of carbonyl (C=O) groups excluding carboxylic acids is 1. The summed E-state index contributed by atoms with van der Waals surface area (Å²) in [5, 5.41) is 12.2. The average Bonchev–Trinajstić information content (AvgIpc) is 2.38. The number of methoxy groups -OCH3 is 1. The summed E-state index contributed by atoms with van der Waals surface area (Å²) in [6, 6.07) is 6.59. The molecule has 1 aromatic carbocycles. The van der Waals surface area contributed by atoms with Crippen LogP contribution in [0, 0.1) is 0 Å². The van der Waals surface area contributed by atoms with Crippen LogP contribution >= 0.6 is 11.6 Å². The molecule has 1 rings (SSSR count). The summed E-state index contributed by atoms with van der Waals surface area (Å²) in [5.74, 6) is 0.425. The quantitative estimate of drug-likeness (QED) is 0.755. The Kier molecular flexibility index (Phi) is 7.25. The lowest BCUT2D eigenvalue weighted by Gasteiger charge is -2.15. The summed E-state index contributed by atoms with van der Waals surface area (Å²) in [5.41, 5.74) is 0. The van der Waals surface area contributed by atoms with Gasteiger partial charge in [0.1, 0.15) is 5.75 Å². The number of amides is 1. The fraction of sp³-hybridized carbons (Fsp3) is 0.462. The number of aliphatic hydroxyl groups is 1. The molecule has 0 aliphatic heterocycles. The zero-order chi connectivity index (χ0) is 14.1. The lowest BCUT2D eigenvalue weighted by Crippen LogP contribution is -2.41. The Hall–Kier alpha value is -1.30. The van der Waals surface area contributed by atoms with E-state index in [1.54, 1.807) is 24.3 Å². The first-order chi connectivity index (χ1) is 9.15. The molecule has 1 amide bonds. The van der Waals surface area contributed by atoms with Crippen molar-refractivity contribution in [2.75, 3.05) is 26.9 Å². The summed E-state index contributed by atoms with van der Waals surface area (Å²) in [4.78, 5) is 11.6. The number of rotatable bonds is 8. The fourth-order valence-corrected chi connectivity index (χ4v) is 1.64. The van der Waals surface area contributed by atoms with Gasteiger partial charge in [-0.15, -0.1) is 0 Å². The van der Waals surface area contributed by atoms with Crippen LogP contribution in [0.15, 0.2) is 24.3 Å². The molecule has 0 aliphatic carbocycles. The van der Waals surface area contributed by atoms with Crippen molar-refractivity contribution < 1.29 is 19.4 Å². The maximum atomic E-state index is 11.6. The number of hydrogen-bond acceptors (Lipinski definition) is 4. The average molecular weight is 288 g/mol. The van der Waals surface area contributed by atoms with Crippen molar-refractivity contribution in [3.8, 4) is 5.75 Å². The second kappa shape index (κ2) is 8.74. The number of benzene rings is 1. The molecular formula is C13H18ClNO4. The predicted molar refractivity (Wildman–Crippen MR) is 72.5 cm³/mol. The van der Waals surface area contributed by atoms with Crippen molar-refractivity contribution in [1.82, 2.24) is 5.32 Å². The van der Waals surface area contributed by atoms with E-state index in [1.165, 1.54) is 7.11 Å². The molecule has 0 heterocycles. The van der Waals surface area contributed by atoms with E-state index in [2.05, 4.69) is 5.32 Å². The fourth-order valence-electron chi connectivity index (χ4n) is 1.46. The van der Waals surface area contributed by atoms with Gasteiger partial charge in [-0.05, 0) is 18.2 Å². The topological polar surface area (TPSA) is 67.8 Å². The molecule has 0 aliphatic rings. The summed E-state index contributed by atoms with van der Waals surface area (Å²) in [7, 11) is 1.51. The minimum atomic E-state index is -0.385. The lowest BCUT2D eigenvalue weighted by molar-refractivity contribution is -0.123. The first-order valence-electron chi connectivity index (χ1n) is 5.93.